The molecular formula is C14H21ClN2S. The molecule has 0 bridgehead atoms. The van der Waals surface area contributed by atoms with E-state index in [0.717, 1.165) is 22.2 Å². The van der Waals surface area contributed by atoms with Crippen LogP contribution in [0.2, 0.25) is 4.34 Å². The average Bonchev–Trinajstić information content (AvgIpc) is 3.01. The molecule has 3 rings (SSSR count). The van der Waals surface area contributed by atoms with Gasteiger partial charge in [0, 0.05) is 23.5 Å². The summed E-state index contributed by atoms with van der Waals surface area (Å²) in [5.41, 5.74) is 0. The van der Waals surface area contributed by atoms with Crippen molar-refractivity contribution in [3.8, 4) is 0 Å². The van der Waals surface area contributed by atoms with Crippen LogP contribution >= 0.6 is 22.9 Å². The van der Waals surface area contributed by atoms with Crippen molar-refractivity contribution in [3.63, 3.8) is 0 Å². The maximum atomic E-state index is 6.07. The van der Waals surface area contributed by atoms with Gasteiger partial charge in [0.25, 0.3) is 0 Å². The van der Waals surface area contributed by atoms with Gasteiger partial charge >= 0.3 is 0 Å². The minimum atomic E-state index is 0.512. The topological polar surface area (TPSA) is 15.3 Å². The molecule has 0 spiro atoms. The summed E-state index contributed by atoms with van der Waals surface area (Å²) in [4.78, 5) is 4.12. The number of nitrogens with zero attached hydrogens (tertiary/aromatic N) is 1. The highest BCUT2D eigenvalue weighted by molar-refractivity contribution is 7.16. The molecule has 4 atom stereocenters. The molecule has 2 saturated heterocycles. The van der Waals surface area contributed by atoms with Crippen molar-refractivity contribution < 1.29 is 0 Å². The second-order valence-corrected chi connectivity index (χ2v) is 7.32. The second-order valence-electron chi connectivity index (χ2n) is 5.57. The van der Waals surface area contributed by atoms with Gasteiger partial charge < -0.3 is 5.32 Å². The van der Waals surface area contributed by atoms with Gasteiger partial charge in [0.05, 0.1) is 4.34 Å². The van der Waals surface area contributed by atoms with E-state index in [1.165, 1.54) is 30.9 Å². The zero-order valence-electron chi connectivity index (χ0n) is 11.0. The third-order valence-corrected chi connectivity index (χ3v) is 6.08. The Morgan fingerprint density at radius 1 is 1.50 bits per heavy atom. The molecule has 3 heterocycles. The van der Waals surface area contributed by atoms with Crippen LogP contribution in [0.25, 0.3) is 0 Å². The molecule has 2 aliphatic rings. The Hall–Kier alpha value is -0.0900. The molecular weight excluding hydrogens is 264 g/mol. The molecule has 0 aliphatic carbocycles. The molecule has 18 heavy (non-hydrogen) atoms. The summed E-state index contributed by atoms with van der Waals surface area (Å²) in [7, 11) is 0. The van der Waals surface area contributed by atoms with Gasteiger partial charge in [-0.3, -0.25) is 4.90 Å². The van der Waals surface area contributed by atoms with Crippen molar-refractivity contribution >= 4 is 22.9 Å². The van der Waals surface area contributed by atoms with Crippen molar-refractivity contribution in [2.45, 2.75) is 32.4 Å². The molecule has 2 nitrogen and oxygen atoms in total. The molecule has 4 unspecified atom stereocenters. The zero-order chi connectivity index (χ0) is 12.7. The summed E-state index contributed by atoms with van der Waals surface area (Å²) in [5, 5.41) is 3.55. The number of halogens is 1. The standard InChI is InChI=1S/C14H21ClN2S/c1-3-12-11-7-16-6-10(11)8-17(12)9(2)13-4-5-14(15)18-13/h4-5,9-12,16H,3,6-8H2,1-2H3. The van der Waals surface area contributed by atoms with Gasteiger partial charge in [-0.1, -0.05) is 18.5 Å². The van der Waals surface area contributed by atoms with Crippen LogP contribution in [0.5, 0.6) is 0 Å². The van der Waals surface area contributed by atoms with Crippen molar-refractivity contribution in [1.29, 1.82) is 0 Å². The summed E-state index contributed by atoms with van der Waals surface area (Å²) < 4.78 is 0.908. The monoisotopic (exact) mass is 284 g/mol. The Morgan fingerprint density at radius 3 is 3.00 bits per heavy atom. The van der Waals surface area contributed by atoms with Gasteiger partial charge in [-0.25, -0.2) is 0 Å². The van der Waals surface area contributed by atoms with Gasteiger partial charge in [0.1, 0.15) is 0 Å². The smallest absolute Gasteiger partial charge is 0.0931 e. The van der Waals surface area contributed by atoms with Crippen LogP contribution in [0.1, 0.15) is 31.2 Å². The summed E-state index contributed by atoms with van der Waals surface area (Å²) in [6.07, 6.45) is 1.26. The molecule has 0 aromatic carbocycles. The molecule has 0 amide bonds. The quantitative estimate of drug-likeness (QED) is 0.915. The Labute approximate surface area is 118 Å². The lowest BCUT2D eigenvalue weighted by atomic mass is 9.92. The Balaban J connectivity index is 1.79. The van der Waals surface area contributed by atoms with Crippen LogP contribution in [0, 0.1) is 11.8 Å². The first kappa shape index (κ1) is 12.9. The molecule has 2 aliphatic heterocycles. The molecule has 4 heteroatoms. The third kappa shape index (κ3) is 2.11. The van der Waals surface area contributed by atoms with E-state index in [1.54, 1.807) is 11.3 Å². The van der Waals surface area contributed by atoms with Crippen LogP contribution < -0.4 is 5.32 Å². The van der Waals surface area contributed by atoms with Crippen molar-refractivity contribution in [2.24, 2.45) is 11.8 Å². The number of likely N-dealkylation sites (tertiary alicyclic amines) is 1. The molecule has 100 valence electrons. The van der Waals surface area contributed by atoms with Crippen LogP contribution in [0.15, 0.2) is 12.1 Å². The number of thiophene rings is 1. The van der Waals surface area contributed by atoms with Gasteiger partial charge in [-0.15, -0.1) is 11.3 Å². The van der Waals surface area contributed by atoms with Gasteiger partial charge in [0.2, 0.25) is 0 Å². The van der Waals surface area contributed by atoms with Crippen molar-refractivity contribution in [1.82, 2.24) is 10.2 Å². The maximum absolute atomic E-state index is 6.07. The third-order valence-electron chi connectivity index (χ3n) is 4.68. The van der Waals surface area contributed by atoms with Crippen molar-refractivity contribution in [2.75, 3.05) is 19.6 Å². The number of hydrogen-bond donors (Lipinski definition) is 1. The maximum Gasteiger partial charge on any atom is 0.0931 e. The van der Waals surface area contributed by atoms with Gasteiger partial charge in [0.15, 0.2) is 0 Å². The Kier molecular flexibility index (Phi) is 3.68. The van der Waals surface area contributed by atoms with Crippen LogP contribution in [-0.4, -0.2) is 30.6 Å². The molecule has 2 fully saturated rings. The molecule has 0 radical (unpaired) electrons. The lowest BCUT2D eigenvalue weighted by Gasteiger charge is -2.31. The summed E-state index contributed by atoms with van der Waals surface area (Å²) in [5.74, 6) is 1.71. The largest absolute Gasteiger partial charge is 0.316 e. The van der Waals surface area contributed by atoms with E-state index < -0.39 is 0 Å². The number of fused-ring (bicyclic) bond motifs is 1. The van der Waals surface area contributed by atoms with E-state index in [-0.39, 0.29) is 0 Å². The molecule has 0 saturated carbocycles. The number of hydrogen-bond acceptors (Lipinski definition) is 3. The fraction of sp³-hybridized carbons (Fsp3) is 0.714. The SMILES string of the molecule is CCC1C2CNCC2CN1C(C)c1ccc(Cl)s1. The first-order valence-electron chi connectivity index (χ1n) is 6.92. The van der Waals surface area contributed by atoms with Crippen LogP contribution in [0.4, 0.5) is 0 Å². The van der Waals surface area contributed by atoms with Gasteiger partial charge in [-0.05, 0) is 50.4 Å². The van der Waals surface area contributed by atoms with E-state index in [1.807, 2.05) is 6.07 Å². The predicted octanol–water partition coefficient (Wildman–Crippen LogP) is 3.39. The minimum Gasteiger partial charge on any atom is -0.316 e. The highest BCUT2D eigenvalue weighted by Crippen LogP contribution is 2.41. The van der Waals surface area contributed by atoms with Crippen molar-refractivity contribution in [3.05, 3.63) is 21.3 Å². The lowest BCUT2D eigenvalue weighted by Crippen LogP contribution is -2.36. The first-order valence-corrected chi connectivity index (χ1v) is 8.11. The van der Waals surface area contributed by atoms with Crippen LogP contribution in [-0.2, 0) is 0 Å². The first-order chi connectivity index (χ1) is 8.70. The molecule has 1 aromatic rings. The highest BCUT2D eigenvalue weighted by Gasteiger charge is 2.44. The van der Waals surface area contributed by atoms with E-state index in [4.69, 9.17) is 11.6 Å². The number of rotatable bonds is 3. The van der Waals surface area contributed by atoms with E-state index in [2.05, 4.69) is 30.1 Å². The molecule has 1 aromatic heterocycles. The van der Waals surface area contributed by atoms with E-state index in [9.17, 15) is 0 Å². The van der Waals surface area contributed by atoms with E-state index >= 15 is 0 Å². The number of nitrogens with one attached hydrogen (secondary N) is 1. The summed E-state index contributed by atoms with van der Waals surface area (Å²) in [6.45, 7) is 8.31. The summed E-state index contributed by atoms with van der Waals surface area (Å²) in [6, 6.07) is 5.47. The minimum absolute atomic E-state index is 0.512. The zero-order valence-corrected chi connectivity index (χ0v) is 12.6. The Morgan fingerprint density at radius 2 is 2.33 bits per heavy atom. The van der Waals surface area contributed by atoms with E-state index in [0.29, 0.717) is 6.04 Å². The normalized spacial score (nSPS) is 33.8. The highest BCUT2D eigenvalue weighted by atomic mass is 35.5. The summed E-state index contributed by atoms with van der Waals surface area (Å²) >= 11 is 7.80. The Bertz CT molecular complexity index is 420. The molecule has 1 N–H and O–H groups in total. The predicted molar refractivity (Wildman–Crippen MR) is 78.4 cm³/mol. The lowest BCUT2D eigenvalue weighted by molar-refractivity contribution is 0.168. The fourth-order valence-electron chi connectivity index (χ4n) is 3.75. The van der Waals surface area contributed by atoms with Crippen LogP contribution in [0.3, 0.4) is 0 Å². The van der Waals surface area contributed by atoms with Gasteiger partial charge in [-0.2, -0.15) is 0 Å². The average molecular weight is 285 g/mol. The fourth-order valence-corrected chi connectivity index (χ4v) is 4.89. The second kappa shape index (κ2) is 5.12.